The highest BCUT2D eigenvalue weighted by molar-refractivity contribution is 5.92. The van der Waals surface area contributed by atoms with Crippen molar-refractivity contribution in [2.24, 2.45) is 0 Å². The lowest BCUT2D eigenvalue weighted by atomic mass is 9.93. The van der Waals surface area contributed by atoms with E-state index in [-0.39, 0.29) is 11.4 Å². The molecule has 0 aliphatic rings. The molecule has 0 aliphatic heterocycles. The zero-order chi connectivity index (χ0) is 26.0. The molecule has 0 radical (unpaired) electrons. The van der Waals surface area contributed by atoms with Crippen molar-refractivity contribution in [3.05, 3.63) is 88.5 Å². The van der Waals surface area contributed by atoms with E-state index in [1.54, 1.807) is 37.5 Å². The number of carboxylic acids is 1. The van der Waals surface area contributed by atoms with Gasteiger partial charge in [0.15, 0.2) is 5.69 Å². The number of nitrogens with zero attached hydrogens (tertiary/aromatic N) is 2. The van der Waals surface area contributed by atoms with E-state index in [0.717, 1.165) is 12.0 Å². The number of aliphatic hydroxyl groups is 1. The number of ether oxygens (including phenoxy) is 1. The maximum absolute atomic E-state index is 13.2. The number of hydrogen-bond donors (Lipinski definition) is 2. The van der Waals surface area contributed by atoms with Crippen LogP contribution in [0.15, 0.2) is 54.6 Å². The average Bonchev–Trinajstić information content (AvgIpc) is 3.14. The van der Waals surface area contributed by atoms with Gasteiger partial charge in [-0.15, -0.1) is 0 Å². The van der Waals surface area contributed by atoms with Crippen LogP contribution >= 0.6 is 0 Å². The van der Waals surface area contributed by atoms with Crippen molar-refractivity contribution in [3.63, 3.8) is 0 Å². The Morgan fingerprint density at radius 3 is 2.14 bits per heavy atom. The molecule has 0 amide bonds. The third-order valence-corrected chi connectivity index (χ3v) is 5.49. The van der Waals surface area contributed by atoms with Crippen LogP contribution in [0.2, 0.25) is 0 Å². The van der Waals surface area contributed by atoms with E-state index < -0.39 is 29.2 Å². The highest BCUT2D eigenvalue weighted by atomic mass is 16.6. The summed E-state index contributed by atoms with van der Waals surface area (Å²) >= 11 is 0. The Morgan fingerprint density at radius 1 is 1.00 bits per heavy atom. The Balaban J connectivity index is 2.40. The first-order valence-corrected chi connectivity index (χ1v) is 11.8. The van der Waals surface area contributed by atoms with Gasteiger partial charge in [0.1, 0.15) is 22.7 Å². The molecule has 0 aliphatic carbocycles. The van der Waals surface area contributed by atoms with Crippen molar-refractivity contribution < 1.29 is 24.5 Å². The van der Waals surface area contributed by atoms with Crippen molar-refractivity contribution in [2.75, 3.05) is 0 Å². The van der Waals surface area contributed by atoms with Crippen LogP contribution in [0.3, 0.4) is 0 Å². The van der Waals surface area contributed by atoms with Gasteiger partial charge in [0.05, 0.1) is 11.6 Å². The summed E-state index contributed by atoms with van der Waals surface area (Å²) in [5.74, 6) is -1.17. The molecule has 0 spiro atoms. The smallest absolute Gasteiger partial charge is 0.354 e. The second-order valence-corrected chi connectivity index (χ2v) is 10.1. The molecule has 0 saturated carbocycles. The molecule has 186 valence electrons. The number of esters is 1. The van der Waals surface area contributed by atoms with Crippen LogP contribution in [0, 0.1) is 0 Å². The van der Waals surface area contributed by atoms with Crippen molar-refractivity contribution in [3.8, 4) is 0 Å². The lowest BCUT2D eigenvalue weighted by molar-refractivity contribution is 0.00676. The number of aryl methyl sites for hydroxylation is 1. The number of carboxylic acid groups (broad SMARTS) is 1. The number of benzene rings is 2. The SMILES string of the molecule is CCCc1nc(C(C)(C)O)c(C(=O)O)n1C(c1ccccc1)c1ccccc1C(=O)OC(C)(C)C. The zero-order valence-electron chi connectivity index (χ0n) is 21.2. The topological polar surface area (TPSA) is 102 Å². The van der Waals surface area contributed by atoms with Crippen LogP contribution in [0.4, 0.5) is 0 Å². The minimum Gasteiger partial charge on any atom is -0.477 e. The fraction of sp³-hybridized carbons (Fsp3) is 0.393. The summed E-state index contributed by atoms with van der Waals surface area (Å²) in [7, 11) is 0. The van der Waals surface area contributed by atoms with Crippen molar-refractivity contribution >= 4 is 11.9 Å². The second kappa shape index (κ2) is 10.0. The van der Waals surface area contributed by atoms with Crippen LogP contribution < -0.4 is 0 Å². The van der Waals surface area contributed by atoms with Gasteiger partial charge in [0, 0.05) is 6.42 Å². The largest absolute Gasteiger partial charge is 0.477 e. The maximum Gasteiger partial charge on any atom is 0.354 e. The highest BCUT2D eigenvalue weighted by Gasteiger charge is 2.36. The molecule has 7 heteroatoms. The van der Waals surface area contributed by atoms with Gasteiger partial charge in [-0.25, -0.2) is 14.6 Å². The minimum absolute atomic E-state index is 0.0872. The van der Waals surface area contributed by atoms with Crippen LogP contribution in [0.5, 0.6) is 0 Å². The first-order valence-electron chi connectivity index (χ1n) is 11.8. The van der Waals surface area contributed by atoms with E-state index in [1.807, 2.05) is 49.4 Å². The summed E-state index contributed by atoms with van der Waals surface area (Å²) in [6.07, 6.45) is 1.21. The van der Waals surface area contributed by atoms with Crippen LogP contribution in [0.25, 0.3) is 0 Å². The molecule has 7 nitrogen and oxygen atoms in total. The Bertz CT molecular complexity index is 1200. The molecule has 1 aromatic heterocycles. The van der Waals surface area contributed by atoms with Crippen molar-refractivity contribution in [1.29, 1.82) is 0 Å². The Labute approximate surface area is 206 Å². The molecule has 0 fully saturated rings. The van der Waals surface area contributed by atoms with E-state index in [9.17, 15) is 19.8 Å². The average molecular weight is 479 g/mol. The summed E-state index contributed by atoms with van der Waals surface area (Å²) in [5, 5.41) is 21.1. The van der Waals surface area contributed by atoms with Gasteiger partial charge in [0.25, 0.3) is 0 Å². The number of rotatable bonds is 8. The molecule has 1 heterocycles. The third-order valence-electron chi connectivity index (χ3n) is 5.49. The quantitative estimate of drug-likeness (QED) is 0.423. The standard InChI is InChI=1S/C28H34N2O5/c1-7-13-21-29-24(28(5,6)34)23(25(31)32)30(21)22(18-14-9-8-10-15-18)19-16-11-12-17-20(19)26(33)35-27(2,3)4/h8-12,14-17,22,34H,7,13H2,1-6H3,(H,31,32). The van der Waals surface area contributed by atoms with Gasteiger partial charge in [-0.05, 0) is 58.2 Å². The summed E-state index contributed by atoms with van der Waals surface area (Å²) in [6.45, 7) is 10.4. The van der Waals surface area contributed by atoms with E-state index in [2.05, 4.69) is 4.98 Å². The van der Waals surface area contributed by atoms with Crippen molar-refractivity contribution in [2.45, 2.75) is 71.6 Å². The molecule has 35 heavy (non-hydrogen) atoms. The number of hydrogen-bond acceptors (Lipinski definition) is 5. The summed E-state index contributed by atoms with van der Waals surface area (Å²) in [4.78, 5) is 30.5. The summed E-state index contributed by atoms with van der Waals surface area (Å²) < 4.78 is 7.33. The highest BCUT2D eigenvalue weighted by Crippen LogP contribution is 2.36. The number of carbonyl (C=O) groups is 2. The third kappa shape index (κ3) is 5.80. The summed E-state index contributed by atoms with van der Waals surface area (Å²) in [6, 6.07) is 15.8. The van der Waals surface area contributed by atoms with E-state index >= 15 is 0 Å². The zero-order valence-corrected chi connectivity index (χ0v) is 21.2. The predicted molar refractivity (Wildman–Crippen MR) is 134 cm³/mol. The van der Waals surface area contributed by atoms with Crippen LogP contribution in [0.1, 0.15) is 97.5 Å². The first-order chi connectivity index (χ1) is 16.3. The first kappa shape index (κ1) is 26.2. The molecule has 3 rings (SSSR count). The Morgan fingerprint density at radius 2 is 1.60 bits per heavy atom. The van der Waals surface area contributed by atoms with Gasteiger partial charge < -0.3 is 19.5 Å². The Hall–Kier alpha value is -3.45. The summed E-state index contributed by atoms with van der Waals surface area (Å²) in [5.41, 5.74) is -0.482. The number of aromatic carboxylic acids is 1. The van der Waals surface area contributed by atoms with Gasteiger partial charge in [-0.1, -0.05) is 55.5 Å². The van der Waals surface area contributed by atoms with Gasteiger partial charge >= 0.3 is 11.9 Å². The fourth-order valence-electron chi connectivity index (χ4n) is 4.15. The maximum atomic E-state index is 13.2. The molecule has 2 N–H and O–H groups in total. The van der Waals surface area contributed by atoms with E-state index in [0.29, 0.717) is 23.4 Å². The lowest BCUT2D eigenvalue weighted by Gasteiger charge is -2.27. The minimum atomic E-state index is -1.48. The molecule has 0 saturated heterocycles. The molecule has 1 atom stereocenters. The number of aromatic nitrogens is 2. The second-order valence-electron chi connectivity index (χ2n) is 10.1. The number of carbonyl (C=O) groups excluding carboxylic acids is 1. The van der Waals surface area contributed by atoms with Gasteiger partial charge in [-0.3, -0.25) is 0 Å². The molecular formula is C28H34N2O5. The number of imidazole rings is 1. The molecular weight excluding hydrogens is 444 g/mol. The lowest BCUT2D eigenvalue weighted by Crippen LogP contribution is -2.27. The molecule has 2 aromatic carbocycles. The molecule has 1 unspecified atom stereocenters. The van der Waals surface area contributed by atoms with Gasteiger partial charge in [-0.2, -0.15) is 0 Å². The van der Waals surface area contributed by atoms with E-state index in [1.165, 1.54) is 13.8 Å². The Kier molecular flexibility index (Phi) is 7.50. The van der Waals surface area contributed by atoms with Crippen molar-refractivity contribution in [1.82, 2.24) is 9.55 Å². The fourth-order valence-corrected chi connectivity index (χ4v) is 4.15. The molecule has 3 aromatic rings. The predicted octanol–water partition coefficient (Wildman–Crippen LogP) is 5.35. The molecule has 0 bridgehead atoms. The van der Waals surface area contributed by atoms with Crippen LogP contribution in [-0.2, 0) is 16.8 Å². The van der Waals surface area contributed by atoms with Gasteiger partial charge in [0.2, 0.25) is 0 Å². The monoisotopic (exact) mass is 478 g/mol. The normalized spacial score (nSPS) is 12.9. The van der Waals surface area contributed by atoms with Crippen LogP contribution in [-0.4, -0.2) is 37.3 Å². The van der Waals surface area contributed by atoms with E-state index in [4.69, 9.17) is 4.74 Å².